The Morgan fingerprint density at radius 1 is 1.10 bits per heavy atom. The number of aromatic nitrogens is 1. The van der Waals surface area contributed by atoms with Crippen molar-refractivity contribution in [3.8, 4) is 5.75 Å². The van der Waals surface area contributed by atoms with Crippen molar-refractivity contribution in [2.45, 2.75) is 24.0 Å². The van der Waals surface area contributed by atoms with Crippen molar-refractivity contribution in [3.63, 3.8) is 0 Å². The zero-order chi connectivity index (χ0) is 30.7. The van der Waals surface area contributed by atoms with E-state index >= 15 is 0 Å². The van der Waals surface area contributed by atoms with Crippen molar-refractivity contribution in [2.24, 2.45) is 5.92 Å². The van der Waals surface area contributed by atoms with Gasteiger partial charge >= 0.3 is 12.1 Å². The fourth-order valence-corrected chi connectivity index (χ4v) is 5.61. The SMILES string of the molecule is COc1ccc2ccc(S(=O)(=O)NC[C@@H]3CCN(Cc4ccc5ccnc(N)c5c4)C3=O)cc2c1.O=C(O)C(F)(F)F. The minimum absolute atomic E-state index is 0.0579. The van der Waals surface area contributed by atoms with Gasteiger partial charge in [-0.05, 0) is 64.5 Å². The van der Waals surface area contributed by atoms with Crippen LogP contribution in [0.25, 0.3) is 21.5 Å². The highest BCUT2D eigenvalue weighted by Crippen LogP contribution is 2.26. The lowest BCUT2D eigenvalue weighted by Gasteiger charge is -2.18. The van der Waals surface area contributed by atoms with Gasteiger partial charge in [-0.1, -0.05) is 24.3 Å². The summed E-state index contributed by atoms with van der Waals surface area (Å²) in [5, 5.41) is 10.7. The Hall–Kier alpha value is -4.43. The number of likely N-dealkylation sites (tertiary alicyclic amines) is 1. The van der Waals surface area contributed by atoms with E-state index in [1.165, 1.54) is 0 Å². The first-order valence-electron chi connectivity index (χ1n) is 12.6. The molecule has 0 saturated carbocycles. The quantitative estimate of drug-likeness (QED) is 0.287. The number of ether oxygens (including phenoxy) is 1. The van der Waals surface area contributed by atoms with Crippen LogP contribution in [0.2, 0.25) is 0 Å². The van der Waals surface area contributed by atoms with Gasteiger partial charge in [-0.25, -0.2) is 22.9 Å². The summed E-state index contributed by atoms with van der Waals surface area (Å²) in [5.41, 5.74) is 6.95. The Balaban J connectivity index is 0.000000517. The summed E-state index contributed by atoms with van der Waals surface area (Å²) in [6.45, 7) is 1.07. The van der Waals surface area contributed by atoms with Gasteiger partial charge in [0, 0.05) is 31.2 Å². The number of carboxylic acids is 1. The predicted molar refractivity (Wildman–Crippen MR) is 149 cm³/mol. The van der Waals surface area contributed by atoms with Crippen LogP contribution >= 0.6 is 0 Å². The van der Waals surface area contributed by atoms with E-state index < -0.39 is 28.1 Å². The Morgan fingerprint density at radius 2 is 1.79 bits per heavy atom. The maximum Gasteiger partial charge on any atom is 0.490 e. The zero-order valence-electron chi connectivity index (χ0n) is 22.3. The number of alkyl halides is 3. The molecule has 0 aliphatic carbocycles. The van der Waals surface area contributed by atoms with E-state index in [0.717, 1.165) is 27.1 Å². The van der Waals surface area contributed by atoms with Gasteiger partial charge in [0.2, 0.25) is 15.9 Å². The number of hydrogen-bond acceptors (Lipinski definition) is 7. The molecule has 14 heteroatoms. The Kier molecular flexibility index (Phi) is 8.87. The minimum Gasteiger partial charge on any atom is -0.497 e. The lowest BCUT2D eigenvalue weighted by atomic mass is 10.1. The van der Waals surface area contributed by atoms with Crippen LogP contribution in [0, 0.1) is 5.92 Å². The number of benzene rings is 3. The van der Waals surface area contributed by atoms with Crippen LogP contribution in [-0.2, 0) is 26.2 Å². The highest BCUT2D eigenvalue weighted by atomic mass is 32.2. The number of amides is 1. The van der Waals surface area contributed by atoms with Gasteiger partial charge in [0.15, 0.2) is 0 Å². The van der Waals surface area contributed by atoms with Crippen molar-refractivity contribution >= 4 is 49.3 Å². The smallest absolute Gasteiger partial charge is 0.490 e. The van der Waals surface area contributed by atoms with Crippen molar-refractivity contribution in [1.29, 1.82) is 0 Å². The van der Waals surface area contributed by atoms with Gasteiger partial charge in [0.05, 0.1) is 17.9 Å². The highest BCUT2D eigenvalue weighted by molar-refractivity contribution is 7.89. The van der Waals surface area contributed by atoms with Gasteiger partial charge in [0.25, 0.3) is 0 Å². The number of pyridine rings is 1. The highest BCUT2D eigenvalue weighted by Gasteiger charge is 2.38. The van der Waals surface area contributed by atoms with E-state index in [1.807, 2.05) is 36.4 Å². The third-order valence-electron chi connectivity index (χ3n) is 6.73. The monoisotopic (exact) mass is 604 g/mol. The van der Waals surface area contributed by atoms with Crippen LogP contribution < -0.4 is 15.2 Å². The van der Waals surface area contributed by atoms with Crippen LogP contribution in [0.5, 0.6) is 5.75 Å². The fraction of sp³-hybridized carbons (Fsp3) is 0.250. The second kappa shape index (κ2) is 12.2. The number of nitrogens with zero attached hydrogens (tertiary/aromatic N) is 2. The number of nitrogen functional groups attached to an aromatic ring is 1. The lowest BCUT2D eigenvalue weighted by molar-refractivity contribution is -0.192. The Morgan fingerprint density at radius 3 is 2.48 bits per heavy atom. The number of halogens is 3. The summed E-state index contributed by atoms with van der Waals surface area (Å²) in [4.78, 5) is 27.9. The number of carbonyl (C=O) groups excluding carboxylic acids is 1. The third-order valence-corrected chi connectivity index (χ3v) is 8.16. The first-order valence-corrected chi connectivity index (χ1v) is 14.1. The molecular formula is C28H27F3N4O6S. The number of carbonyl (C=O) groups is 2. The molecule has 3 aromatic carbocycles. The van der Waals surface area contributed by atoms with Gasteiger partial charge in [-0.3, -0.25) is 4.79 Å². The predicted octanol–water partition coefficient (Wildman–Crippen LogP) is 3.94. The van der Waals surface area contributed by atoms with Crippen LogP contribution in [0.15, 0.2) is 71.8 Å². The van der Waals surface area contributed by atoms with E-state index in [1.54, 1.807) is 42.5 Å². The van der Waals surface area contributed by atoms with Crippen LogP contribution in [-0.4, -0.2) is 61.7 Å². The molecule has 0 radical (unpaired) electrons. The maximum absolute atomic E-state index is 13.0. The molecule has 2 heterocycles. The van der Waals surface area contributed by atoms with E-state index in [4.69, 9.17) is 20.4 Å². The average Bonchev–Trinajstić information content (AvgIpc) is 3.30. The summed E-state index contributed by atoms with van der Waals surface area (Å²) in [6.07, 6.45) is -2.82. The maximum atomic E-state index is 13.0. The first kappa shape index (κ1) is 30.5. The largest absolute Gasteiger partial charge is 0.497 e. The Bertz CT molecular complexity index is 1750. The molecule has 1 fully saturated rings. The molecule has 1 aromatic heterocycles. The van der Waals surface area contributed by atoms with Crippen molar-refractivity contribution in [2.75, 3.05) is 25.9 Å². The second-order valence-corrected chi connectivity index (χ2v) is 11.3. The molecule has 1 atom stereocenters. The van der Waals surface area contributed by atoms with Crippen molar-refractivity contribution in [1.82, 2.24) is 14.6 Å². The van der Waals surface area contributed by atoms with Gasteiger partial charge in [0.1, 0.15) is 11.6 Å². The van der Waals surface area contributed by atoms with Crippen molar-refractivity contribution < 1.29 is 41.0 Å². The molecule has 0 spiro atoms. The number of nitrogens with two attached hydrogens (primary N) is 1. The number of aliphatic carboxylic acids is 1. The Labute approximate surface area is 238 Å². The van der Waals surface area contributed by atoms with E-state index in [0.29, 0.717) is 31.1 Å². The number of methoxy groups -OCH3 is 1. The molecule has 0 bridgehead atoms. The molecule has 4 N–H and O–H groups in total. The number of hydrogen-bond donors (Lipinski definition) is 3. The second-order valence-electron chi connectivity index (χ2n) is 9.53. The molecule has 1 saturated heterocycles. The van der Waals surface area contributed by atoms with Gasteiger partial charge in [-0.2, -0.15) is 13.2 Å². The van der Waals surface area contributed by atoms with Crippen LogP contribution in [0.1, 0.15) is 12.0 Å². The molecule has 4 aromatic rings. The summed E-state index contributed by atoms with van der Waals surface area (Å²) in [5.74, 6) is -2.11. The van der Waals surface area contributed by atoms with Crippen molar-refractivity contribution in [3.05, 3.63) is 72.4 Å². The first-order chi connectivity index (χ1) is 19.8. The summed E-state index contributed by atoms with van der Waals surface area (Å²) >= 11 is 0. The number of fused-ring (bicyclic) bond motifs is 2. The number of anilines is 1. The zero-order valence-corrected chi connectivity index (χ0v) is 23.1. The normalized spacial score (nSPS) is 15.5. The number of nitrogens with one attached hydrogen (secondary N) is 1. The molecule has 1 aliphatic heterocycles. The average molecular weight is 605 g/mol. The third kappa shape index (κ3) is 7.06. The van der Waals surface area contributed by atoms with Crippen LogP contribution in [0.3, 0.4) is 0 Å². The number of carboxylic acid groups (broad SMARTS) is 1. The summed E-state index contributed by atoms with van der Waals surface area (Å²) < 4.78 is 65.5. The molecule has 42 heavy (non-hydrogen) atoms. The van der Waals surface area contributed by atoms with Gasteiger partial charge in [-0.15, -0.1) is 0 Å². The fourth-order valence-electron chi connectivity index (χ4n) is 4.50. The van der Waals surface area contributed by atoms with Gasteiger partial charge < -0.3 is 20.5 Å². The summed E-state index contributed by atoms with van der Waals surface area (Å²) in [6, 6.07) is 18.2. The molecular weight excluding hydrogens is 577 g/mol. The topological polar surface area (TPSA) is 152 Å². The standard InChI is InChI=1S/C26H26N4O4S.C2HF3O2/c1-34-22-6-4-18-5-7-23(14-21(18)13-22)35(32,33)29-15-20-9-11-30(26(20)31)16-17-2-3-19-8-10-28-25(27)24(19)12-17;3-2(4,5)1(6)7/h2-8,10,12-14,20,29H,9,11,15-16H2,1H3,(H2,27,28);(H,6,7)/t20-;/m0./s1. The molecule has 222 valence electrons. The van der Waals surface area contributed by atoms with E-state index in [2.05, 4.69) is 9.71 Å². The summed E-state index contributed by atoms with van der Waals surface area (Å²) in [7, 11) is -2.20. The molecule has 1 amide bonds. The lowest BCUT2D eigenvalue weighted by Crippen LogP contribution is -2.34. The van der Waals surface area contributed by atoms with E-state index in [9.17, 15) is 26.4 Å². The number of sulfonamides is 1. The molecule has 5 rings (SSSR count). The molecule has 0 unspecified atom stereocenters. The molecule has 10 nitrogen and oxygen atoms in total. The molecule has 1 aliphatic rings. The van der Waals surface area contributed by atoms with E-state index in [-0.39, 0.29) is 17.3 Å². The minimum atomic E-state index is -5.08. The van der Waals surface area contributed by atoms with Crippen LogP contribution in [0.4, 0.5) is 19.0 Å². The number of rotatable bonds is 7.